The summed E-state index contributed by atoms with van der Waals surface area (Å²) in [6.07, 6.45) is -1.82. The van der Waals surface area contributed by atoms with Gasteiger partial charge in [-0.1, -0.05) is 0 Å². The van der Waals surface area contributed by atoms with Gasteiger partial charge in [-0.2, -0.15) is 0 Å². The first-order chi connectivity index (χ1) is 2.00. The molecule has 5 heavy (non-hydrogen) atoms. The summed E-state index contributed by atoms with van der Waals surface area (Å²) in [7, 11) is 10.8. The van der Waals surface area contributed by atoms with Gasteiger partial charge in [0.05, 0.1) is 0 Å². The van der Waals surface area contributed by atoms with Crippen LogP contribution < -0.4 is 0 Å². The predicted octanol–water partition coefficient (Wildman–Crippen LogP) is 3.15. The molecule has 0 saturated heterocycles. The summed E-state index contributed by atoms with van der Waals surface area (Å²) in [6, 6.07) is 0. The van der Waals surface area contributed by atoms with Gasteiger partial charge in [-0.05, 0) is 0 Å². The summed E-state index contributed by atoms with van der Waals surface area (Å²) < 4.78 is 0. The normalized spacial score (nSPS) is 15.2. The minimum atomic E-state index is -1.82. The van der Waals surface area contributed by atoms with E-state index in [1.54, 1.807) is 0 Å². The Morgan fingerprint density at radius 2 is 1.20 bits per heavy atom. The van der Waals surface area contributed by atoms with E-state index < -0.39 is 6.27 Å². The second kappa shape index (κ2) is 2.88. The van der Waals surface area contributed by atoms with E-state index in [1.165, 1.54) is 0 Å². The minimum absolute atomic E-state index is 1.82. The molecule has 0 saturated carbocycles. The molecule has 0 aliphatic carbocycles. The van der Waals surface area contributed by atoms with Crippen LogP contribution in [0.2, 0.25) is 0 Å². The van der Waals surface area contributed by atoms with Crippen LogP contribution in [0.4, 0.5) is 0 Å². The van der Waals surface area contributed by atoms with Gasteiger partial charge in [-0.15, -0.1) is 0 Å². The summed E-state index contributed by atoms with van der Waals surface area (Å²) in [5.74, 6) is 0. The van der Waals surface area contributed by atoms with Crippen LogP contribution >= 0.6 is 58.1 Å². The Morgan fingerprint density at radius 1 is 1.20 bits per heavy atom. The quantitative estimate of drug-likeness (QED) is 0.409. The van der Waals surface area contributed by atoms with Crippen molar-refractivity contribution in [1.82, 2.24) is 0 Å². The first kappa shape index (κ1) is 7.70. The second-order valence-electron chi connectivity index (χ2n) is 0.271. The topological polar surface area (TPSA) is 0 Å². The van der Waals surface area contributed by atoms with Crippen molar-refractivity contribution in [3.63, 3.8) is 0 Å². The van der Waals surface area contributed by atoms with Gasteiger partial charge in [0, 0.05) is 0 Å². The van der Waals surface area contributed by atoms with Crippen molar-refractivity contribution in [2.75, 3.05) is 0 Å². The van der Waals surface area contributed by atoms with E-state index in [0.717, 1.165) is 0 Å². The van der Waals surface area contributed by atoms with E-state index >= 15 is 0 Å². The fourth-order valence-corrected chi connectivity index (χ4v) is 0. The van der Waals surface area contributed by atoms with Crippen molar-refractivity contribution in [3.05, 3.63) is 0 Å². The zero-order valence-corrected chi connectivity index (χ0v) is 9.21. The van der Waals surface area contributed by atoms with Crippen molar-refractivity contribution >= 4 is 58.1 Å². The number of hydrogen-bond acceptors (Lipinski definition) is 0. The average Bonchev–Trinajstić information content (AvgIpc) is 0.722. The van der Waals surface area contributed by atoms with Crippen LogP contribution in [0.1, 0.15) is 0 Å². The summed E-state index contributed by atoms with van der Waals surface area (Å²) in [5.41, 5.74) is 0. The maximum atomic E-state index is 5.42. The first-order valence-electron chi connectivity index (χ1n) is 0.478. The molecule has 0 aromatic carbocycles. The Kier molecular flexibility index (Phi) is 4.43. The Morgan fingerprint density at radius 3 is 1.20 bits per heavy atom. The van der Waals surface area contributed by atoms with E-state index in [0.29, 0.717) is 0 Å². The monoisotopic (exact) mass is 430 g/mol. The zero-order chi connectivity index (χ0) is 4.50. The maximum absolute atomic E-state index is 5.42. The molecule has 0 amide bonds. The molecule has 5 heteroatoms. The average molecular weight is 431 g/mol. The standard InChI is InChI=1S/2ClH.2HI.Pd/h4*1H;/q;;;;+2/p-4. The molecule has 0 rings (SSSR count). The molecular formula is Cl2I2Pd-2. The van der Waals surface area contributed by atoms with Crippen molar-refractivity contribution in [3.8, 4) is 0 Å². The van der Waals surface area contributed by atoms with Gasteiger partial charge in [0.2, 0.25) is 0 Å². The molecule has 0 radical (unpaired) electrons. The SMILES string of the molecule is [Cl][Pd-2]([Cl])([I])[I]. The molecule has 0 unspecified atom stereocenters. The van der Waals surface area contributed by atoms with Crippen LogP contribution in [0.3, 0.4) is 0 Å². The molecular weight excluding hydrogens is 431 g/mol. The predicted molar refractivity (Wildman–Crippen MR) is 39.7 cm³/mol. The molecule has 40 valence electrons. The van der Waals surface area contributed by atoms with Gasteiger partial charge in [0.1, 0.15) is 0 Å². The van der Waals surface area contributed by atoms with E-state index in [4.69, 9.17) is 19.1 Å². The Hall–Kier alpha value is 2.70. The fraction of sp³-hybridized carbons (Fsp3) is 0. The molecule has 0 nitrogen and oxygen atoms in total. The molecule has 0 atom stereocenters. The second-order valence-corrected chi connectivity index (χ2v) is 35.9. The van der Waals surface area contributed by atoms with Crippen molar-refractivity contribution in [2.45, 2.75) is 0 Å². The van der Waals surface area contributed by atoms with Crippen molar-refractivity contribution in [2.24, 2.45) is 0 Å². The molecule has 0 aromatic rings. The van der Waals surface area contributed by atoms with E-state index in [-0.39, 0.29) is 0 Å². The van der Waals surface area contributed by atoms with Crippen LogP contribution in [0.15, 0.2) is 0 Å². The van der Waals surface area contributed by atoms with Crippen molar-refractivity contribution in [1.29, 1.82) is 0 Å². The van der Waals surface area contributed by atoms with Crippen LogP contribution in [-0.2, 0) is 6.27 Å². The molecule has 0 heterocycles. The molecule has 0 aromatic heterocycles. The van der Waals surface area contributed by atoms with Gasteiger partial charge >= 0.3 is 64.4 Å². The molecule has 0 fully saturated rings. The number of rotatable bonds is 0. The fourth-order valence-electron chi connectivity index (χ4n) is 0. The van der Waals surface area contributed by atoms with Crippen molar-refractivity contribution < 1.29 is 6.27 Å². The Labute approximate surface area is 62.9 Å². The van der Waals surface area contributed by atoms with Gasteiger partial charge in [0.15, 0.2) is 0 Å². The van der Waals surface area contributed by atoms with E-state index in [1.807, 2.05) is 39.0 Å². The Bertz CT molecular complexity index is 23.1. The van der Waals surface area contributed by atoms with E-state index in [9.17, 15) is 0 Å². The van der Waals surface area contributed by atoms with Crippen LogP contribution in [0, 0.1) is 0 Å². The summed E-state index contributed by atoms with van der Waals surface area (Å²) in [5, 5.41) is 0. The van der Waals surface area contributed by atoms with Gasteiger partial charge in [0.25, 0.3) is 0 Å². The number of halogens is 4. The summed E-state index contributed by atoms with van der Waals surface area (Å²) in [6.45, 7) is 0. The molecule has 0 N–H and O–H groups in total. The van der Waals surface area contributed by atoms with Crippen LogP contribution in [-0.4, -0.2) is 0 Å². The third-order valence-corrected chi connectivity index (χ3v) is 0. The third kappa shape index (κ3) is 20.3. The van der Waals surface area contributed by atoms with Gasteiger partial charge in [-0.3, -0.25) is 0 Å². The first-order valence-corrected chi connectivity index (χ1v) is 13.7. The third-order valence-electron chi connectivity index (χ3n) is 0. The summed E-state index contributed by atoms with van der Waals surface area (Å²) >= 11 is 4.09. The molecule has 0 aliphatic rings. The van der Waals surface area contributed by atoms with E-state index in [2.05, 4.69) is 0 Å². The van der Waals surface area contributed by atoms with Crippen LogP contribution in [0.25, 0.3) is 0 Å². The Balaban J connectivity index is 3.02. The van der Waals surface area contributed by atoms with Gasteiger partial charge in [-0.25, -0.2) is 0 Å². The number of hydrogen-bond donors (Lipinski definition) is 0. The molecule has 0 aliphatic heterocycles. The van der Waals surface area contributed by atoms with Crippen LogP contribution in [0.5, 0.6) is 0 Å². The van der Waals surface area contributed by atoms with Gasteiger partial charge < -0.3 is 0 Å². The summed E-state index contributed by atoms with van der Waals surface area (Å²) in [4.78, 5) is 0. The molecule has 0 spiro atoms. The molecule has 0 bridgehead atoms. The zero-order valence-electron chi connectivity index (χ0n) is 1.83.